The van der Waals surface area contributed by atoms with Crippen molar-refractivity contribution in [2.45, 2.75) is 26.7 Å². The average molecular weight is 310 g/mol. The molecular formula is C13H12ClN3S2. The van der Waals surface area contributed by atoms with E-state index < -0.39 is 0 Å². The van der Waals surface area contributed by atoms with E-state index in [-0.39, 0.29) is 0 Å². The number of hydrogen-bond donors (Lipinski definition) is 0. The zero-order chi connectivity index (χ0) is 13.4. The van der Waals surface area contributed by atoms with Crippen molar-refractivity contribution in [2.24, 2.45) is 0 Å². The molecule has 0 bridgehead atoms. The molecule has 0 saturated heterocycles. The lowest BCUT2D eigenvalue weighted by atomic mass is 10.3. The Morgan fingerprint density at radius 1 is 1.26 bits per heavy atom. The van der Waals surface area contributed by atoms with Gasteiger partial charge < -0.3 is 0 Å². The van der Waals surface area contributed by atoms with Crippen LogP contribution in [0.1, 0.15) is 28.3 Å². The zero-order valence-corrected chi connectivity index (χ0v) is 13.0. The van der Waals surface area contributed by atoms with Gasteiger partial charge >= 0.3 is 0 Å². The fraction of sp³-hybridized carbons (Fsp3) is 0.308. The predicted molar refractivity (Wildman–Crippen MR) is 81.5 cm³/mol. The summed E-state index contributed by atoms with van der Waals surface area (Å²) in [7, 11) is 0. The molecule has 0 aliphatic carbocycles. The summed E-state index contributed by atoms with van der Waals surface area (Å²) in [5, 5.41) is 4.57. The predicted octanol–water partition coefficient (Wildman–Crippen LogP) is 4.26. The van der Waals surface area contributed by atoms with Crippen molar-refractivity contribution >= 4 is 44.5 Å². The van der Waals surface area contributed by atoms with Crippen LogP contribution in [0.5, 0.6) is 0 Å². The Bertz CT molecular complexity index is 733. The minimum absolute atomic E-state index is 0.546. The number of thiophene rings is 1. The van der Waals surface area contributed by atoms with Gasteiger partial charge in [-0.3, -0.25) is 0 Å². The molecule has 0 spiro atoms. The topological polar surface area (TPSA) is 38.7 Å². The molecule has 0 aliphatic heterocycles. The molecule has 0 atom stereocenters. The highest BCUT2D eigenvalue weighted by molar-refractivity contribution is 7.18. The third-order valence-electron chi connectivity index (χ3n) is 2.77. The van der Waals surface area contributed by atoms with Gasteiger partial charge in [-0.25, -0.2) is 15.0 Å². The SMILES string of the molecule is CCc1cc2c(Cl)nc(Cc3nc(C)cs3)nc2s1. The van der Waals surface area contributed by atoms with Crippen molar-refractivity contribution in [2.75, 3.05) is 0 Å². The first kappa shape index (κ1) is 13.0. The lowest BCUT2D eigenvalue weighted by Gasteiger charge is -1.99. The normalized spacial score (nSPS) is 11.3. The molecular weight excluding hydrogens is 298 g/mol. The highest BCUT2D eigenvalue weighted by atomic mass is 35.5. The molecule has 0 amide bonds. The van der Waals surface area contributed by atoms with Crippen LogP contribution >= 0.6 is 34.3 Å². The minimum atomic E-state index is 0.546. The van der Waals surface area contributed by atoms with Crippen LogP contribution in [0.15, 0.2) is 11.4 Å². The molecule has 3 aromatic rings. The fourth-order valence-corrected chi connectivity index (χ4v) is 3.90. The van der Waals surface area contributed by atoms with Gasteiger partial charge in [0.15, 0.2) is 0 Å². The van der Waals surface area contributed by atoms with Crippen LogP contribution in [0.3, 0.4) is 0 Å². The number of rotatable bonds is 3. The Balaban J connectivity index is 2.00. The van der Waals surface area contributed by atoms with Gasteiger partial charge in [-0.15, -0.1) is 22.7 Å². The van der Waals surface area contributed by atoms with E-state index in [2.05, 4.69) is 27.9 Å². The number of aromatic nitrogens is 3. The van der Waals surface area contributed by atoms with E-state index in [1.165, 1.54) is 4.88 Å². The van der Waals surface area contributed by atoms with E-state index in [1.54, 1.807) is 22.7 Å². The second-order valence-corrected chi connectivity index (χ2v) is 6.69. The average Bonchev–Trinajstić information content (AvgIpc) is 2.96. The lowest BCUT2D eigenvalue weighted by molar-refractivity contribution is 0.976. The monoisotopic (exact) mass is 309 g/mol. The van der Waals surface area contributed by atoms with Gasteiger partial charge in [0.1, 0.15) is 20.8 Å². The number of thiazole rings is 1. The van der Waals surface area contributed by atoms with Crippen molar-refractivity contribution in [1.82, 2.24) is 15.0 Å². The van der Waals surface area contributed by atoms with Crippen molar-refractivity contribution in [3.63, 3.8) is 0 Å². The summed E-state index contributed by atoms with van der Waals surface area (Å²) < 4.78 is 0. The second-order valence-electron chi connectivity index (χ2n) is 4.28. The third-order valence-corrected chi connectivity index (χ3v) is 5.20. The van der Waals surface area contributed by atoms with Gasteiger partial charge in [-0.2, -0.15) is 0 Å². The van der Waals surface area contributed by atoms with Gasteiger partial charge in [0.05, 0.1) is 6.42 Å². The lowest BCUT2D eigenvalue weighted by Crippen LogP contribution is -1.96. The van der Waals surface area contributed by atoms with Gasteiger partial charge in [-0.05, 0) is 19.4 Å². The first-order chi connectivity index (χ1) is 9.15. The van der Waals surface area contributed by atoms with Crippen molar-refractivity contribution in [3.05, 3.63) is 38.0 Å². The number of halogens is 1. The maximum Gasteiger partial charge on any atom is 0.141 e. The van der Waals surface area contributed by atoms with E-state index in [9.17, 15) is 0 Å². The van der Waals surface area contributed by atoms with E-state index in [1.807, 2.05) is 12.3 Å². The maximum absolute atomic E-state index is 6.24. The summed E-state index contributed by atoms with van der Waals surface area (Å²) in [6.07, 6.45) is 1.64. The van der Waals surface area contributed by atoms with Crippen molar-refractivity contribution < 1.29 is 0 Å². The summed E-state index contributed by atoms with van der Waals surface area (Å²) in [6, 6.07) is 2.08. The van der Waals surface area contributed by atoms with Crippen molar-refractivity contribution in [1.29, 1.82) is 0 Å². The molecule has 3 nitrogen and oxygen atoms in total. The fourth-order valence-electron chi connectivity index (χ4n) is 1.85. The van der Waals surface area contributed by atoms with Crippen LogP contribution in [0.2, 0.25) is 5.15 Å². The molecule has 3 rings (SSSR count). The molecule has 0 radical (unpaired) electrons. The minimum Gasteiger partial charge on any atom is -0.246 e. The number of aryl methyl sites for hydroxylation is 2. The van der Waals surface area contributed by atoms with Crippen LogP contribution in [0, 0.1) is 6.92 Å². The highest BCUT2D eigenvalue weighted by Crippen LogP contribution is 2.29. The number of fused-ring (bicyclic) bond motifs is 1. The first-order valence-electron chi connectivity index (χ1n) is 6.01. The zero-order valence-electron chi connectivity index (χ0n) is 10.6. The second kappa shape index (κ2) is 5.15. The summed E-state index contributed by atoms with van der Waals surface area (Å²) in [5.74, 6) is 0.747. The van der Waals surface area contributed by atoms with Crippen LogP contribution in [0.25, 0.3) is 10.2 Å². The molecule has 0 fully saturated rings. The number of nitrogens with zero attached hydrogens (tertiary/aromatic N) is 3. The first-order valence-corrected chi connectivity index (χ1v) is 8.09. The van der Waals surface area contributed by atoms with Gasteiger partial charge in [0.25, 0.3) is 0 Å². The van der Waals surface area contributed by atoms with Crippen LogP contribution in [0.4, 0.5) is 0 Å². The Morgan fingerprint density at radius 3 is 2.79 bits per heavy atom. The van der Waals surface area contributed by atoms with Crippen LogP contribution in [-0.4, -0.2) is 15.0 Å². The van der Waals surface area contributed by atoms with Gasteiger partial charge in [0.2, 0.25) is 0 Å². The Labute approximate surface area is 124 Å². The number of hydrogen-bond acceptors (Lipinski definition) is 5. The van der Waals surface area contributed by atoms with Gasteiger partial charge in [0, 0.05) is 21.3 Å². The smallest absolute Gasteiger partial charge is 0.141 e. The molecule has 6 heteroatoms. The largest absolute Gasteiger partial charge is 0.246 e. The van der Waals surface area contributed by atoms with E-state index in [4.69, 9.17) is 11.6 Å². The molecule has 98 valence electrons. The molecule has 0 N–H and O–H groups in total. The van der Waals surface area contributed by atoms with Crippen LogP contribution in [-0.2, 0) is 12.8 Å². The molecule has 0 aromatic carbocycles. The van der Waals surface area contributed by atoms with E-state index in [0.29, 0.717) is 11.6 Å². The summed E-state index contributed by atoms with van der Waals surface area (Å²) >= 11 is 9.57. The van der Waals surface area contributed by atoms with Crippen LogP contribution < -0.4 is 0 Å². The molecule has 3 aromatic heterocycles. The summed E-state index contributed by atoms with van der Waals surface area (Å²) in [4.78, 5) is 15.7. The maximum atomic E-state index is 6.24. The van der Waals surface area contributed by atoms with Crippen molar-refractivity contribution in [3.8, 4) is 0 Å². The molecule has 3 heterocycles. The molecule has 0 aliphatic rings. The third kappa shape index (κ3) is 2.63. The quantitative estimate of drug-likeness (QED) is 0.678. The summed E-state index contributed by atoms with van der Waals surface area (Å²) in [5.41, 5.74) is 1.04. The molecule has 0 unspecified atom stereocenters. The highest BCUT2D eigenvalue weighted by Gasteiger charge is 2.11. The van der Waals surface area contributed by atoms with Gasteiger partial charge in [-0.1, -0.05) is 18.5 Å². The summed E-state index contributed by atoms with van der Waals surface area (Å²) in [6.45, 7) is 4.12. The molecule has 19 heavy (non-hydrogen) atoms. The van der Waals surface area contributed by atoms with E-state index in [0.717, 1.165) is 33.2 Å². The molecule has 0 saturated carbocycles. The Morgan fingerprint density at radius 2 is 2.11 bits per heavy atom. The Kier molecular flexibility index (Phi) is 3.52. The van der Waals surface area contributed by atoms with E-state index >= 15 is 0 Å². The Hall–Kier alpha value is -1.04. The standard InChI is InChI=1S/C13H12ClN3S2/c1-3-8-4-9-12(14)16-10(17-13(9)19-8)5-11-15-7(2)6-18-11/h4,6H,3,5H2,1-2H3.